The number of rotatable bonds is 5. The van der Waals surface area contributed by atoms with Gasteiger partial charge >= 0.3 is 0 Å². The molecule has 0 heterocycles. The fraction of sp³-hybridized carbons (Fsp3) is 0.500. The van der Waals surface area contributed by atoms with Gasteiger partial charge in [-0.3, -0.25) is 4.79 Å². The molecule has 0 aromatic heterocycles. The van der Waals surface area contributed by atoms with Crippen LogP contribution in [0, 0.1) is 0 Å². The summed E-state index contributed by atoms with van der Waals surface area (Å²) in [6.45, 7) is 3.74. The average molecular weight is 251 g/mol. The summed E-state index contributed by atoms with van der Waals surface area (Å²) in [6.07, 6.45) is -0.421. The van der Waals surface area contributed by atoms with Gasteiger partial charge in [-0.05, 0) is 31.5 Å². The maximum absolute atomic E-state index is 12.0. The van der Waals surface area contributed by atoms with Crippen molar-refractivity contribution in [1.82, 2.24) is 4.90 Å². The van der Waals surface area contributed by atoms with Crippen LogP contribution in [0.25, 0.3) is 0 Å². The number of methoxy groups -OCH3 is 2. The van der Waals surface area contributed by atoms with Crippen molar-refractivity contribution in [3.05, 3.63) is 29.8 Å². The molecule has 0 bridgehead atoms. The summed E-state index contributed by atoms with van der Waals surface area (Å²) >= 11 is 0. The van der Waals surface area contributed by atoms with Crippen LogP contribution < -0.4 is 4.74 Å². The van der Waals surface area contributed by atoms with Gasteiger partial charge in [-0.2, -0.15) is 0 Å². The summed E-state index contributed by atoms with van der Waals surface area (Å²) in [5, 5.41) is 0. The normalized spacial score (nSPS) is 13.8. The van der Waals surface area contributed by atoms with E-state index in [1.165, 1.54) is 7.11 Å². The molecule has 1 aromatic carbocycles. The molecular weight excluding hydrogens is 230 g/mol. The number of amides is 1. The van der Waals surface area contributed by atoms with Gasteiger partial charge in [-0.1, -0.05) is 12.1 Å². The van der Waals surface area contributed by atoms with Gasteiger partial charge in [0.25, 0.3) is 5.91 Å². The molecule has 0 aliphatic heterocycles. The number of hydrogen-bond donors (Lipinski definition) is 0. The van der Waals surface area contributed by atoms with E-state index >= 15 is 0 Å². The van der Waals surface area contributed by atoms with Gasteiger partial charge in [-0.15, -0.1) is 0 Å². The summed E-state index contributed by atoms with van der Waals surface area (Å²) in [7, 11) is 4.95. The Morgan fingerprint density at radius 1 is 1.17 bits per heavy atom. The Labute approximate surface area is 108 Å². The number of carbonyl (C=O) groups excluding carboxylic acids is 1. The Morgan fingerprint density at radius 2 is 1.72 bits per heavy atom. The van der Waals surface area contributed by atoms with E-state index in [1.54, 1.807) is 26.0 Å². The maximum atomic E-state index is 12.0. The van der Waals surface area contributed by atoms with Crippen LogP contribution in [-0.2, 0) is 9.53 Å². The molecule has 1 rings (SSSR count). The predicted molar refractivity (Wildman–Crippen MR) is 70.7 cm³/mol. The lowest BCUT2D eigenvalue weighted by Gasteiger charge is -2.27. The van der Waals surface area contributed by atoms with Crippen molar-refractivity contribution in [1.29, 1.82) is 0 Å². The minimum atomic E-state index is -0.421. The fourth-order valence-electron chi connectivity index (χ4n) is 1.68. The lowest BCUT2D eigenvalue weighted by atomic mass is 10.1. The number of benzene rings is 1. The van der Waals surface area contributed by atoms with Gasteiger partial charge in [0, 0.05) is 14.2 Å². The van der Waals surface area contributed by atoms with Gasteiger partial charge in [0.15, 0.2) is 0 Å². The maximum Gasteiger partial charge on any atom is 0.251 e. The molecule has 1 amide bonds. The molecule has 4 nitrogen and oxygen atoms in total. The number of carbonyl (C=O) groups is 1. The Balaban J connectivity index is 2.79. The van der Waals surface area contributed by atoms with Crippen LogP contribution in [0.15, 0.2) is 24.3 Å². The monoisotopic (exact) mass is 251 g/mol. The highest BCUT2D eigenvalue weighted by atomic mass is 16.5. The van der Waals surface area contributed by atoms with Gasteiger partial charge in [-0.25, -0.2) is 0 Å². The largest absolute Gasteiger partial charge is 0.497 e. The minimum Gasteiger partial charge on any atom is -0.497 e. The topological polar surface area (TPSA) is 38.8 Å². The second-order valence-electron chi connectivity index (χ2n) is 4.28. The quantitative estimate of drug-likeness (QED) is 0.805. The third-order valence-electron chi connectivity index (χ3n) is 3.23. The highest BCUT2D eigenvalue weighted by Crippen LogP contribution is 2.22. The Hall–Kier alpha value is -1.55. The molecule has 18 heavy (non-hydrogen) atoms. The van der Waals surface area contributed by atoms with Gasteiger partial charge in [0.1, 0.15) is 11.9 Å². The van der Waals surface area contributed by atoms with E-state index in [-0.39, 0.29) is 11.9 Å². The molecule has 2 atom stereocenters. The van der Waals surface area contributed by atoms with Crippen LogP contribution in [0.5, 0.6) is 5.75 Å². The van der Waals surface area contributed by atoms with Crippen molar-refractivity contribution in [2.75, 3.05) is 21.3 Å². The zero-order valence-electron chi connectivity index (χ0n) is 11.6. The second kappa shape index (κ2) is 6.40. The van der Waals surface area contributed by atoms with Crippen LogP contribution in [-0.4, -0.2) is 38.2 Å². The summed E-state index contributed by atoms with van der Waals surface area (Å²) < 4.78 is 10.2. The Bertz CT molecular complexity index is 389. The van der Waals surface area contributed by atoms with Crippen LogP contribution in [0.3, 0.4) is 0 Å². The van der Waals surface area contributed by atoms with Crippen LogP contribution >= 0.6 is 0 Å². The predicted octanol–water partition coefficient (Wildman–Crippen LogP) is 2.25. The molecule has 0 radical (unpaired) electrons. The lowest BCUT2D eigenvalue weighted by Crippen LogP contribution is -2.37. The van der Waals surface area contributed by atoms with E-state index in [0.29, 0.717) is 0 Å². The average Bonchev–Trinajstić information content (AvgIpc) is 2.44. The van der Waals surface area contributed by atoms with Crippen LogP contribution in [0.4, 0.5) is 0 Å². The smallest absolute Gasteiger partial charge is 0.251 e. The first-order chi connectivity index (χ1) is 8.51. The van der Waals surface area contributed by atoms with Crippen molar-refractivity contribution in [2.45, 2.75) is 26.0 Å². The molecule has 0 fully saturated rings. The third kappa shape index (κ3) is 3.23. The molecule has 0 saturated carbocycles. The first-order valence-corrected chi connectivity index (χ1v) is 5.94. The SMILES string of the molecule is COc1ccc([C@H](C)N(C)C(=O)[C@@H](C)OC)cc1. The summed E-state index contributed by atoms with van der Waals surface area (Å²) in [5.74, 6) is 0.783. The number of ether oxygens (including phenoxy) is 2. The third-order valence-corrected chi connectivity index (χ3v) is 3.23. The molecular formula is C14H21NO3. The number of nitrogens with zero attached hydrogens (tertiary/aromatic N) is 1. The lowest BCUT2D eigenvalue weighted by molar-refractivity contribution is -0.141. The van der Waals surface area contributed by atoms with Gasteiger partial charge in [0.2, 0.25) is 0 Å². The molecule has 0 aliphatic rings. The molecule has 0 spiro atoms. The second-order valence-corrected chi connectivity index (χ2v) is 4.28. The van der Waals surface area contributed by atoms with Crippen molar-refractivity contribution < 1.29 is 14.3 Å². The van der Waals surface area contributed by atoms with E-state index in [1.807, 2.05) is 31.2 Å². The van der Waals surface area contributed by atoms with E-state index in [0.717, 1.165) is 11.3 Å². The minimum absolute atomic E-state index is 0.000932. The van der Waals surface area contributed by atoms with Crippen molar-refractivity contribution in [3.63, 3.8) is 0 Å². The van der Waals surface area contributed by atoms with Crippen molar-refractivity contribution in [3.8, 4) is 5.75 Å². The van der Waals surface area contributed by atoms with E-state index in [9.17, 15) is 4.79 Å². The van der Waals surface area contributed by atoms with E-state index in [2.05, 4.69) is 0 Å². The number of likely N-dealkylation sites (N-methyl/N-ethyl adjacent to an activating group) is 1. The highest BCUT2D eigenvalue weighted by Gasteiger charge is 2.22. The van der Waals surface area contributed by atoms with E-state index < -0.39 is 6.10 Å². The standard InChI is InChI=1S/C14H21NO3/c1-10(15(3)14(16)11(2)17-4)12-6-8-13(18-5)9-7-12/h6-11H,1-5H3/t10-,11+/m0/s1. The number of hydrogen-bond acceptors (Lipinski definition) is 3. The zero-order chi connectivity index (χ0) is 13.7. The Kier molecular flexibility index (Phi) is 5.16. The van der Waals surface area contributed by atoms with Crippen LogP contribution in [0.2, 0.25) is 0 Å². The van der Waals surface area contributed by atoms with Gasteiger partial charge in [0.05, 0.1) is 13.2 Å². The Morgan fingerprint density at radius 3 is 2.17 bits per heavy atom. The summed E-state index contributed by atoms with van der Waals surface area (Å²) in [6, 6.07) is 7.71. The van der Waals surface area contributed by atoms with Crippen molar-refractivity contribution >= 4 is 5.91 Å². The molecule has 4 heteroatoms. The fourth-order valence-corrected chi connectivity index (χ4v) is 1.68. The molecule has 1 aromatic rings. The summed E-state index contributed by atoms with van der Waals surface area (Å²) in [5.41, 5.74) is 1.06. The zero-order valence-corrected chi connectivity index (χ0v) is 11.6. The first kappa shape index (κ1) is 14.5. The summed E-state index contributed by atoms with van der Waals surface area (Å²) in [4.78, 5) is 13.7. The van der Waals surface area contributed by atoms with Crippen LogP contribution in [0.1, 0.15) is 25.5 Å². The molecule has 100 valence electrons. The highest BCUT2D eigenvalue weighted by molar-refractivity contribution is 5.80. The molecule has 0 N–H and O–H groups in total. The molecule has 0 saturated heterocycles. The molecule has 0 aliphatic carbocycles. The first-order valence-electron chi connectivity index (χ1n) is 5.94. The van der Waals surface area contributed by atoms with Crippen molar-refractivity contribution in [2.24, 2.45) is 0 Å². The van der Waals surface area contributed by atoms with Gasteiger partial charge < -0.3 is 14.4 Å². The van der Waals surface area contributed by atoms with E-state index in [4.69, 9.17) is 9.47 Å². The molecule has 0 unspecified atom stereocenters.